The molecule has 0 spiro atoms. The third kappa shape index (κ3) is 5.84. The standard InChI is InChI=1S/C21H31FN6O3/c1-13(2)24-20(30)27-10-11-28(21(31)26-17-5-3-4-14(22)12-17)19(27)18(29)25-16-8-6-15(23)7-9-16/h3-5,12-13,15-16,19H,6-11,23H2,1-2H3,(H,24,30)(H,25,29)(H,26,31). The lowest BCUT2D eigenvalue weighted by atomic mass is 9.92. The number of rotatable bonds is 4. The molecule has 1 aromatic rings. The minimum Gasteiger partial charge on any atom is -0.350 e. The van der Waals surface area contributed by atoms with E-state index in [1.165, 1.54) is 28.0 Å². The Morgan fingerprint density at radius 2 is 1.71 bits per heavy atom. The van der Waals surface area contributed by atoms with Gasteiger partial charge in [0.25, 0.3) is 5.91 Å². The van der Waals surface area contributed by atoms with E-state index in [9.17, 15) is 18.8 Å². The van der Waals surface area contributed by atoms with E-state index in [2.05, 4.69) is 16.0 Å². The summed E-state index contributed by atoms with van der Waals surface area (Å²) in [7, 11) is 0. The van der Waals surface area contributed by atoms with Crippen LogP contribution in [0.25, 0.3) is 0 Å². The number of amides is 5. The van der Waals surface area contributed by atoms with E-state index >= 15 is 0 Å². The Hall–Kier alpha value is -2.88. The molecule has 5 amide bonds. The summed E-state index contributed by atoms with van der Waals surface area (Å²) >= 11 is 0. The van der Waals surface area contributed by atoms with Gasteiger partial charge in [0, 0.05) is 36.9 Å². The van der Waals surface area contributed by atoms with E-state index in [0.29, 0.717) is 0 Å². The molecular weight excluding hydrogens is 403 g/mol. The lowest BCUT2D eigenvalue weighted by Crippen LogP contribution is -2.58. The number of benzene rings is 1. The molecule has 0 aromatic heterocycles. The number of nitrogens with zero attached hydrogens (tertiary/aromatic N) is 2. The molecule has 1 heterocycles. The number of hydrogen-bond donors (Lipinski definition) is 4. The molecule has 1 aliphatic carbocycles. The molecule has 5 N–H and O–H groups in total. The van der Waals surface area contributed by atoms with Crippen molar-refractivity contribution < 1.29 is 18.8 Å². The van der Waals surface area contributed by atoms with Crippen LogP contribution in [0.1, 0.15) is 39.5 Å². The lowest BCUT2D eigenvalue weighted by Gasteiger charge is -2.33. The molecular formula is C21H31FN6O3. The summed E-state index contributed by atoms with van der Waals surface area (Å²) < 4.78 is 13.5. The highest BCUT2D eigenvalue weighted by Gasteiger charge is 2.43. The van der Waals surface area contributed by atoms with Gasteiger partial charge in [0.1, 0.15) is 5.82 Å². The van der Waals surface area contributed by atoms with E-state index in [1.807, 2.05) is 13.8 Å². The van der Waals surface area contributed by atoms with Crippen molar-refractivity contribution in [3.63, 3.8) is 0 Å². The van der Waals surface area contributed by atoms with Crippen molar-refractivity contribution in [2.24, 2.45) is 5.73 Å². The lowest BCUT2D eigenvalue weighted by molar-refractivity contribution is -0.128. The highest BCUT2D eigenvalue weighted by molar-refractivity contribution is 5.96. The Kier molecular flexibility index (Phi) is 7.32. The van der Waals surface area contributed by atoms with Crippen LogP contribution in [0.2, 0.25) is 0 Å². The monoisotopic (exact) mass is 434 g/mol. The van der Waals surface area contributed by atoms with E-state index < -0.39 is 30.0 Å². The number of halogens is 1. The smallest absolute Gasteiger partial charge is 0.323 e. The summed E-state index contributed by atoms with van der Waals surface area (Å²) in [6, 6.07) is 4.49. The van der Waals surface area contributed by atoms with Gasteiger partial charge in [-0.25, -0.2) is 14.0 Å². The number of nitrogens with two attached hydrogens (primary N) is 1. The van der Waals surface area contributed by atoms with Crippen molar-refractivity contribution in [1.29, 1.82) is 0 Å². The fourth-order valence-corrected chi connectivity index (χ4v) is 3.97. The second kappa shape index (κ2) is 9.95. The van der Waals surface area contributed by atoms with Gasteiger partial charge in [-0.3, -0.25) is 14.6 Å². The van der Waals surface area contributed by atoms with Gasteiger partial charge >= 0.3 is 12.1 Å². The topological polar surface area (TPSA) is 120 Å². The zero-order valence-electron chi connectivity index (χ0n) is 17.9. The molecule has 0 radical (unpaired) electrons. The summed E-state index contributed by atoms with van der Waals surface area (Å²) in [6.07, 6.45) is 2.05. The average molecular weight is 435 g/mol. The van der Waals surface area contributed by atoms with Crippen molar-refractivity contribution in [2.45, 2.75) is 63.8 Å². The first-order chi connectivity index (χ1) is 14.7. The fraction of sp³-hybridized carbons (Fsp3) is 0.571. The number of anilines is 1. The van der Waals surface area contributed by atoms with Gasteiger partial charge in [-0.2, -0.15) is 0 Å². The van der Waals surface area contributed by atoms with Crippen molar-refractivity contribution in [2.75, 3.05) is 18.4 Å². The third-order valence-electron chi connectivity index (χ3n) is 5.53. The highest BCUT2D eigenvalue weighted by atomic mass is 19.1. The van der Waals surface area contributed by atoms with Crippen LogP contribution in [0, 0.1) is 5.82 Å². The zero-order chi connectivity index (χ0) is 22.5. The normalized spacial score (nSPS) is 23.6. The summed E-state index contributed by atoms with van der Waals surface area (Å²) in [5, 5.41) is 8.37. The Labute approximate surface area is 181 Å². The first-order valence-corrected chi connectivity index (χ1v) is 10.7. The molecule has 0 bridgehead atoms. The van der Waals surface area contributed by atoms with Crippen LogP contribution in [0.15, 0.2) is 24.3 Å². The molecule has 2 aliphatic rings. The molecule has 9 nitrogen and oxygen atoms in total. The van der Waals surface area contributed by atoms with Crippen molar-refractivity contribution >= 4 is 23.7 Å². The maximum atomic E-state index is 13.5. The van der Waals surface area contributed by atoms with Crippen LogP contribution in [-0.4, -0.2) is 65.2 Å². The number of hydrogen-bond acceptors (Lipinski definition) is 4. The minimum atomic E-state index is -1.09. The van der Waals surface area contributed by atoms with Crippen LogP contribution in [0.5, 0.6) is 0 Å². The third-order valence-corrected chi connectivity index (χ3v) is 5.53. The number of carbonyl (C=O) groups is 3. The maximum Gasteiger partial charge on any atom is 0.323 e. The van der Waals surface area contributed by atoms with Gasteiger partial charge < -0.3 is 21.7 Å². The summed E-state index contributed by atoms with van der Waals surface area (Å²) in [5.41, 5.74) is 6.22. The van der Waals surface area contributed by atoms with E-state index in [4.69, 9.17) is 5.73 Å². The molecule has 1 aromatic carbocycles. The van der Waals surface area contributed by atoms with Crippen LogP contribution in [-0.2, 0) is 4.79 Å². The number of nitrogens with one attached hydrogen (secondary N) is 3. The second-order valence-electron chi connectivity index (χ2n) is 8.43. The molecule has 1 aliphatic heterocycles. The van der Waals surface area contributed by atoms with Gasteiger partial charge in [-0.05, 0) is 57.7 Å². The molecule has 1 atom stereocenters. The highest BCUT2D eigenvalue weighted by Crippen LogP contribution is 2.21. The number of urea groups is 2. The minimum absolute atomic E-state index is 0.0453. The molecule has 1 unspecified atom stereocenters. The first-order valence-electron chi connectivity index (χ1n) is 10.7. The van der Waals surface area contributed by atoms with E-state index in [-0.39, 0.29) is 36.9 Å². The largest absolute Gasteiger partial charge is 0.350 e. The van der Waals surface area contributed by atoms with Crippen LogP contribution in [0.4, 0.5) is 19.7 Å². The van der Waals surface area contributed by atoms with Gasteiger partial charge in [-0.1, -0.05) is 6.07 Å². The molecule has 31 heavy (non-hydrogen) atoms. The predicted octanol–water partition coefficient (Wildman–Crippen LogP) is 1.81. The van der Waals surface area contributed by atoms with Gasteiger partial charge in [0.2, 0.25) is 0 Å². The Morgan fingerprint density at radius 3 is 2.32 bits per heavy atom. The molecule has 10 heteroatoms. The van der Waals surface area contributed by atoms with Crippen molar-refractivity contribution in [3.8, 4) is 0 Å². The molecule has 3 rings (SSSR count). The molecule has 1 saturated heterocycles. The Morgan fingerprint density at radius 1 is 1.06 bits per heavy atom. The van der Waals surface area contributed by atoms with Gasteiger partial charge in [0.05, 0.1) is 0 Å². The van der Waals surface area contributed by atoms with Gasteiger partial charge in [0.15, 0.2) is 6.17 Å². The van der Waals surface area contributed by atoms with Gasteiger partial charge in [-0.15, -0.1) is 0 Å². The second-order valence-corrected chi connectivity index (χ2v) is 8.43. The quantitative estimate of drug-likeness (QED) is 0.578. The van der Waals surface area contributed by atoms with Crippen LogP contribution in [0.3, 0.4) is 0 Å². The predicted molar refractivity (Wildman–Crippen MR) is 115 cm³/mol. The summed E-state index contributed by atoms with van der Waals surface area (Å²) in [4.78, 5) is 41.4. The summed E-state index contributed by atoms with van der Waals surface area (Å²) in [5.74, 6) is -0.895. The number of carbonyl (C=O) groups excluding carboxylic acids is 3. The van der Waals surface area contributed by atoms with Crippen molar-refractivity contribution in [1.82, 2.24) is 20.4 Å². The summed E-state index contributed by atoms with van der Waals surface area (Å²) in [6.45, 7) is 4.04. The molecule has 1 saturated carbocycles. The van der Waals surface area contributed by atoms with E-state index in [1.54, 1.807) is 6.07 Å². The maximum absolute atomic E-state index is 13.5. The average Bonchev–Trinajstić information content (AvgIpc) is 3.15. The van der Waals surface area contributed by atoms with Crippen LogP contribution < -0.4 is 21.7 Å². The first kappa shape index (κ1) is 22.8. The van der Waals surface area contributed by atoms with E-state index in [0.717, 1.165) is 25.7 Å². The fourth-order valence-electron chi connectivity index (χ4n) is 3.97. The zero-order valence-corrected chi connectivity index (χ0v) is 17.9. The Balaban J connectivity index is 1.75. The van der Waals surface area contributed by atoms with Crippen LogP contribution >= 0.6 is 0 Å². The molecule has 170 valence electrons. The molecule has 2 fully saturated rings. The van der Waals surface area contributed by atoms with Crippen molar-refractivity contribution in [3.05, 3.63) is 30.1 Å². The Bertz CT molecular complexity index is 812. The SMILES string of the molecule is CC(C)NC(=O)N1CCN(C(=O)Nc2cccc(F)c2)C1C(=O)NC1CCC(N)CC1.